The fourth-order valence-electron chi connectivity index (χ4n) is 2.72. The molecule has 0 aromatic heterocycles. The first kappa shape index (κ1) is 26.7. The predicted octanol–water partition coefficient (Wildman–Crippen LogP) is 1.38. The van der Waals surface area contributed by atoms with Crippen molar-refractivity contribution in [3.63, 3.8) is 0 Å². The quantitative estimate of drug-likeness (QED) is 0.267. The molecule has 0 aliphatic heterocycles. The number of rotatable bonds is 15. The van der Waals surface area contributed by atoms with Gasteiger partial charge in [-0.05, 0) is 25.7 Å². The van der Waals surface area contributed by atoms with E-state index in [9.17, 15) is 18.1 Å². The minimum Gasteiger partial charge on any atom is -0.748 e. The van der Waals surface area contributed by atoms with E-state index >= 15 is 0 Å². The van der Waals surface area contributed by atoms with Gasteiger partial charge in [0.1, 0.15) is 0 Å². The Kier molecular flexibility index (Phi) is 19.7. The Morgan fingerprint density at radius 1 is 0.826 bits per heavy atom. The van der Waals surface area contributed by atoms with Crippen LogP contribution in [0.25, 0.3) is 0 Å². The Labute approximate surface area is 186 Å². The van der Waals surface area contributed by atoms with Crippen LogP contribution in [0.5, 0.6) is 0 Å². The topological polar surface area (TPSA) is 77.4 Å². The minimum absolute atomic E-state index is 0. The van der Waals surface area contributed by atoms with E-state index in [0.29, 0.717) is 12.8 Å². The SMILES string of the molecule is CCCCCCCCC(CCCCCC(O)CC)S(=O)(=O)[O-].[K+]. The van der Waals surface area contributed by atoms with E-state index < -0.39 is 15.4 Å². The van der Waals surface area contributed by atoms with E-state index in [-0.39, 0.29) is 57.5 Å². The molecule has 0 aromatic rings. The molecule has 23 heavy (non-hydrogen) atoms. The molecule has 0 spiro atoms. The second kappa shape index (κ2) is 16.9. The number of unbranched alkanes of at least 4 members (excludes halogenated alkanes) is 7. The summed E-state index contributed by atoms with van der Waals surface area (Å²) in [6.45, 7) is 4.12. The third-order valence-corrected chi connectivity index (χ3v) is 5.61. The zero-order valence-electron chi connectivity index (χ0n) is 15.4. The number of hydrogen-bond donors (Lipinski definition) is 1. The fraction of sp³-hybridized carbons (Fsp3) is 1.00. The maximum absolute atomic E-state index is 11.3. The summed E-state index contributed by atoms with van der Waals surface area (Å²) in [6.07, 6.45) is 11.4. The van der Waals surface area contributed by atoms with Gasteiger partial charge < -0.3 is 9.66 Å². The molecule has 0 heterocycles. The Bertz CT molecular complexity index is 347. The van der Waals surface area contributed by atoms with Crippen LogP contribution in [-0.4, -0.2) is 29.4 Å². The molecule has 2 atom stereocenters. The zero-order valence-corrected chi connectivity index (χ0v) is 19.4. The molecular formula is C17H35KO4S. The second-order valence-electron chi connectivity index (χ2n) is 6.37. The van der Waals surface area contributed by atoms with Crippen LogP contribution in [-0.2, 0) is 10.1 Å². The minimum atomic E-state index is -4.17. The van der Waals surface area contributed by atoms with E-state index in [1.165, 1.54) is 19.3 Å². The van der Waals surface area contributed by atoms with Gasteiger partial charge in [0.05, 0.1) is 16.2 Å². The first-order chi connectivity index (χ1) is 10.4. The van der Waals surface area contributed by atoms with E-state index in [1.54, 1.807) is 0 Å². The van der Waals surface area contributed by atoms with Gasteiger partial charge >= 0.3 is 51.4 Å². The van der Waals surface area contributed by atoms with Crippen molar-refractivity contribution in [1.29, 1.82) is 0 Å². The number of aliphatic hydroxyl groups excluding tert-OH is 1. The molecule has 4 nitrogen and oxygen atoms in total. The summed E-state index contributed by atoms with van der Waals surface area (Å²) in [6, 6.07) is 0. The summed E-state index contributed by atoms with van der Waals surface area (Å²) in [5.41, 5.74) is 0. The molecule has 0 aliphatic carbocycles. The molecule has 0 saturated heterocycles. The van der Waals surface area contributed by atoms with Gasteiger partial charge in [0.2, 0.25) is 0 Å². The van der Waals surface area contributed by atoms with Gasteiger partial charge in [-0.15, -0.1) is 0 Å². The van der Waals surface area contributed by atoms with Crippen LogP contribution in [0.2, 0.25) is 0 Å². The van der Waals surface area contributed by atoms with E-state index in [2.05, 4.69) is 6.92 Å². The molecule has 1 N–H and O–H groups in total. The van der Waals surface area contributed by atoms with Crippen molar-refractivity contribution in [1.82, 2.24) is 0 Å². The third kappa shape index (κ3) is 16.7. The molecule has 0 fully saturated rings. The average molecular weight is 375 g/mol. The van der Waals surface area contributed by atoms with Crippen molar-refractivity contribution >= 4 is 10.1 Å². The Morgan fingerprint density at radius 2 is 1.26 bits per heavy atom. The predicted molar refractivity (Wildman–Crippen MR) is 90.9 cm³/mol. The zero-order chi connectivity index (χ0) is 16.8. The van der Waals surface area contributed by atoms with Crippen molar-refractivity contribution < 1.29 is 69.5 Å². The Hall–Kier alpha value is 1.51. The molecule has 2 unspecified atom stereocenters. The molecule has 0 rings (SSSR count). The van der Waals surface area contributed by atoms with E-state index in [0.717, 1.165) is 51.4 Å². The maximum Gasteiger partial charge on any atom is 1.00 e. The summed E-state index contributed by atoms with van der Waals surface area (Å²) in [5, 5.41) is 8.74. The third-order valence-electron chi connectivity index (χ3n) is 4.32. The van der Waals surface area contributed by atoms with E-state index in [1.807, 2.05) is 6.92 Å². The van der Waals surface area contributed by atoms with Gasteiger partial charge in [0.25, 0.3) is 0 Å². The van der Waals surface area contributed by atoms with Crippen molar-refractivity contribution in [3.05, 3.63) is 0 Å². The fourth-order valence-corrected chi connectivity index (χ4v) is 3.63. The molecule has 6 heteroatoms. The van der Waals surface area contributed by atoms with Crippen molar-refractivity contribution in [2.45, 2.75) is 109 Å². The molecule has 134 valence electrons. The van der Waals surface area contributed by atoms with Gasteiger partial charge in [-0.3, -0.25) is 0 Å². The van der Waals surface area contributed by atoms with Crippen LogP contribution in [0.15, 0.2) is 0 Å². The Balaban J connectivity index is 0. The number of aliphatic hydroxyl groups is 1. The summed E-state index contributed by atoms with van der Waals surface area (Å²) in [7, 11) is -4.17. The summed E-state index contributed by atoms with van der Waals surface area (Å²) >= 11 is 0. The summed E-state index contributed by atoms with van der Waals surface area (Å²) in [5.74, 6) is 0. The summed E-state index contributed by atoms with van der Waals surface area (Å²) < 4.78 is 34.0. The van der Waals surface area contributed by atoms with Gasteiger partial charge in [-0.1, -0.05) is 71.6 Å². The molecule has 0 aliphatic rings. The first-order valence-electron chi connectivity index (χ1n) is 9.04. The van der Waals surface area contributed by atoms with Crippen LogP contribution < -0.4 is 51.4 Å². The van der Waals surface area contributed by atoms with E-state index in [4.69, 9.17) is 0 Å². The van der Waals surface area contributed by atoms with Crippen molar-refractivity contribution in [3.8, 4) is 0 Å². The van der Waals surface area contributed by atoms with Crippen LogP contribution in [0, 0.1) is 0 Å². The van der Waals surface area contributed by atoms with Crippen LogP contribution >= 0.6 is 0 Å². The molecule has 0 saturated carbocycles. The smallest absolute Gasteiger partial charge is 0.748 e. The summed E-state index contributed by atoms with van der Waals surface area (Å²) in [4.78, 5) is 0. The standard InChI is InChI=1S/C17H36O4S.K/c1-3-5-6-7-8-11-14-17(22(19,20)21)15-12-9-10-13-16(18)4-2;/h16-18H,3-15H2,1-2H3,(H,19,20,21);/q;+1/p-1. The molecule has 0 aromatic carbocycles. The van der Waals surface area contributed by atoms with Crippen molar-refractivity contribution in [2.24, 2.45) is 0 Å². The van der Waals surface area contributed by atoms with Crippen LogP contribution in [0.4, 0.5) is 0 Å². The molecule has 0 radical (unpaired) electrons. The first-order valence-corrected chi connectivity index (χ1v) is 10.5. The van der Waals surface area contributed by atoms with Crippen LogP contribution in [0.3, 0.4) is 0 Å². The molecule has 0 bridgehead atoms. The molecular weight excluding hydrogens is 339 g/mol. The van der Waals surface area contributed by atoms with Gasteiger partial charge in [-0.2, -0.15) is 0 Å². The maximum atomic E-state index is 11.3. The second-order valence-corrected chi connectivity index (χ2v) is 8.02. The normalized spacial score (nSPS) is 14.3. The van der Waals surface area contributed by atoms with Gasteiger partial charge in [0.15, 0.2) is 0 Å². The van der Waals surface area contributed by atoms with Crippen LogP contribution in [0.1, 0.15) is 97.3 Å². The van der Waals surface area contributed by atoms with Gasteiger partial charge in [0, 0.05) is 5.25 Å². The Morgan fingerprint density at radius 3 is 1.74 bits per heavy atom. The number of hydrogen-bond acceptors (Lipinski definition) is 4. The molecule has 0 amide bonds. The largest absolute Gasteiger partial charge is 1.00 e. The van der Waals surface area contributed by atoms with Gasteiger partial charge in [-0.25, -0.2) is 8.42 Å². The monoisotopic (exact) mass is 374 g/mol. The average Bonchev–Trinajstić information content (AvgIpc) is 2.46. The van der Waals surface area contributed by atoms with Crippen molar-refractivity contribution in [2.75, 3.05) is 0 Å².